The molecule has 1 saturated carbocycles. The van der Waals surface area contributed by atoms with Gasteiger partial charge < -0.3 is 19.9 Å². The van der Waals surface area contributed by atoms with Crippen molar-refractivity contribution in [2.75, 3.05) is 26.8 Å². The summed E-state index contributed by atoms with van der Waals surface area (Å²) in [5.74, 6) is 1.80. The van der Waals surface area contributed by atoms with Crippen LogP contribution in [-0.4, -0.2) is 49.0 Å². The maximum Gasteiger partial charge on any atom is 0.122 e. The van der Waals surface area contributed by atoms with E-state index in [1.807, 2.05) is 24.3 Å². The minimum Gasteiger partial charge on any atom is -0.496 e. The second-order valence-corrected chi connectivity index (χ2v) is 8.56. The van der Waals surface area contributed by atoms with E-state index < -0.39 is 6.10 Å². The number of fused-ring (bicyclic) bond motifs is 1. The third kappa shape index (κ3) is 5.54. The minimum atomic E-state index is -0.516. The Balaban J connectivity index is 1.24. The first kappa shape index (κ1) is 21.2. The molecule has 1 aliphatic heterocycles. The van der Waals surface area contributed by atoms with Crippen molar-refractivity contribution in [1.82, 2.24) is 10.2 Å². The molecule has 4 rings (SSSR count). The van der Waals surface area contributed by atoms with E-state index in [0.717, 1.165) is 37.6 Å². The normalized spacial score (nSPS) is 18.2. The van der Waals surface area contributed by atoms with Crippen LogP contribution in [0, 0.1) is 0 Å². The van der Waals surface area contributed by atoms with E-state index in [2.05, 4.69) is 28.4 Å². The van der Waals surface area contributed by atoms with Crippen molar-refractivity contribution >= 4 is 0 Å². The van der Waals surface area contributed by atoms with Gasteiger partial charge in [-0.2, -0.15) is 0 Å². The number of rotatable bonds is 9. The van der Waals surface area contributed by atoms with Crippen LogP contribution in [0.4, 0.5) is 0 Å². The quantitative estimate of drug-likeness (QED) is 0.662. The fourth-order valence-electron chi connectivity index (χ4n) is 4.66. The van der Waals surface area contributed by atoms with Gasteiger partial charge in [0.05, 0.1) is 7.11 Å². The van der Waals surface area contributed by atoms with Crippen LogP contribution in [0.15, 0.2) is 42.5 Å². The van der Waals surface area contributed by atoms with Crippen molar-refractivity contribution in [3.8, 4) is 11.5 Å². The molecule has 0 aromatic heterocycles. The number of hydrogen-bond acceptors (Lipinski definition) is 5. The Labute approximate surface area is 180 Å². The maximum atomic E-state index is 10.5. The largest absolute Gasteiger partial charge is 0.496 e. The topological polar surface area (TPSA) is 54.0 Å². The minimum absolute atomic E-state index is 0.307. The van der Waals surface area contributed by atoms with Crippen molar-refractivity contribution in [3.05, 3.63) is 59.2 Å². The van der Waals surface area contributed by atoms with Crippen LogP contribution in [0.3, 0.4) is 0 Å². The van der Waals surface area contributed by atoms with Crippen molar-refractivity contribution in [1.29, 1.82) is 0 Å². The fourth-order valence-corrected chi connectivity index (χ4v) is 4.66. The van der Waals surface area contributed by atoms with Gasteiger partial charge in [0.2, 0.25) is 0 Å². The standard InChI is InChI=1S/C25H34N2O3/c1-29-25-11-5-7-20-16-27(13-12-24(20)25)17-22(28)18-30-23-10-4-6-19(14-23)15-26-21-8-2-3-9-21/h4-7,10-11,14,21-22,26,28H,2-3,8-9,12-13,15-18H2,1H3. The third-order valence-electron chi connectivity index (χ3n) is 6.28. The number of benzene rings is 2. The van der Waals surface area contributed by atoms with Crippen molar-refractivity contribution < 1.29 is 14.6 Å². The van der Waals surface area contributed by atoms with Gasteiger partial charge in [0.25, 0.3) is 0 Å². The number of nitrogens with one attached hydrogen (secondary N) is 1. The number of aliphatic hydroxyl groups is 1. The summed E-state index contributed by atoms with van der Waals surface area (Å²) in [5, 5.41) is 14.2. The SMILES string of the molecule is COc1cccc2c1CCN(CC(O)COc1cccc(CNC3CCCC3)c1)C2. The van der Waals surface area contributed by atoms with Crippen LogP contribution in [0.1, 0.15) is 42.4 Å². The molecule has 1 atom stereocenters. The zero-order chi connectivity index (χ0) is 20.8. The first-order chi connectivity index (χ1) is 14.7. The molecule has 30 heavy (non-hydrogen) atoms. The molecule has 162 valence electrons. The molecule has 0 radical (unpaired) electrons. The summed E-state index contributed by atoms with van der Waals surface area (Å²) in [7, 11) is 1.73. The molecule has 0 amide bonds. The Morgan fingerprint density at radius 2 is 2.00 bits per heavy atom. The lowest BCUT2D eigenvalue weighted by Crippen LogP contribution is -2.38. The molecule has 0 saturated heterocycles. The summed E-state index contributed by atoms with van der Waals surface area (Å²) in [6.45, 7) is 3.56. The first-order valence-corrected chi connectivity index (χ1v) is 11.2. The van der Waals surface area contributed by atoms with Crippen LogP contribution in [0.5, 0.6) is 11.5 Å². The lowest BCUT2D eigenvalue weighted by atomic mass is 9.98. The second kappa shape index (κ2) is 10.3. The van der Waals surface area contributed by atoms with Crippen LogP contribution in [-0.2, 0) is 19.5 Å². The average Bonchev–Trinajstić information content (AvgIpc) is 3.30. The predicted molar refractivity (Wildman–Crippen MR) is 119 cm³/mol. The zero-order valence-corrected chi connectivity index (χ0v) is 18.0. The van der Waals surface area contributed by atoms with E-state index in [1.54, 1.807) is 7.11 Å². The van der Waals surface area contributed by atoms with Gasteiger partial charge in [-0.15, -0.1) is 0 Å². The van der Waals surface area contributed by atoms with Crippen LogP contribution in [0.2, 0.25) is 0 Å². The Hall–Kier alpha value is -2.08. The number of methoxy groups -OCH3 is 1. The van der Waals surface area contributed by atoms with Gasteiger partial charge >= 0.3 is 0 Å². The number of ether oxygens (including phenoxy) is 2. The Kier molecular flexibility index (Phi) is 7.26. The lowest BCUT2D eigenvalue weighted by molar-refractivity contribution is 0.0636. The molecule has 0 spiro atoms. The molecule has 2 N–H and O–H groups in total. The van der Waals surface area contributed by atoms with E-state index in [4.69, 9.17) is 9.47 Å². The molecule has 1 fully saturated rings. The number of β-amino-alcohol motifs (C(OH)–C–C–N with tert-alkyl or cyclic N) is 1. The summed E-state index contributed by atoms with van der Waals surface area (Å²) >= 11 is 0. The highest BCUT2D eigenvalue weighted by Gasteiger charge is 2.21. The third-order valence-corrected chi connectivity index (χ3v) is 6.28. The molecule has 0 bridgehead atoms. The van der Waals surface area contributed by atoms with Gasteiger partial charge in [0, 0.05) is 32.2 Å². The molecular weight excluding hydrogens is 376 g/mol. The Morgan fingerprint density at radius 1 is 1.17 bits per heavy atom. The molecule has 5 nitrogen and oxygen atoms in total. The predicted octanol–water partition coefficient (Wildman–Crippen LogP) is 3.53. The monoisotopic (exact) mass is 410 g/mol. The Bertz CT molecular complexity index is 820. The first-order valence-electron chi connectivity index (χ1n) is 11.2. The van der Waals surface area contributed by atoms with Crippen molar-refractivity contribution in [2.24, 2.45) is 0 Å². The van der Waals surface area contributed by atoms with Gasteiger partial charge in [-0.3, -0.25) is 4.90 Å². The van der Waals surface area contributed by atoms with E-state index >= 15 is 0 Å². The van der Waals surface area contributed by atoms with Crippen molar-refractivity contribution in [2.45, 2.75) is 57.3 Å². The summed E-state index contributed by atoms with van der Waals surface area (Å²) < 4.78 is 11.4. The highest BCUT2D eigenvalue weighted by Crippen LogP contribution is 2.27. The molecular formula is C25H34N2O3. The molecule has 2 aliphatic rings. The highest BCUT2D eigenvalue weighted by atomic mass is 16.5. The summed E-state index contributed by atoms with van der Waals surface area (Å²) in [6, 6.07) is 15.1. The number of nitrogens with zero attached hydrogens (tertiary/aromatic N) is 1. The summed E-state index contributed by atoms with van der Waals surface area (Å²) in [5.41, 5.74) is 3.82. The summed E-state index contributed by atoms with van der Waals surface area (Å²) in [4.78, 5) is 2.29. The molecule has 1 heterocycles. The fraction of sp³-hybridized carbons (Fsp3) is 0.520. The lowest BCUT2D eigenvalue weighted by Gasteiger charge is -2.31. The maximum absolute atomic E-state index is 10.5. The van der Waals surface area contributed by atoms with E-state index in [9.17, 15) is 5.11 Å². The summed E-state index contributed by atoms with van der Waals surface area (Å²) in [6.07, 6.45) is 5.69. The van der Waals surface area contributed by atoms with Gasteiger partial charge in [-0.25, -0.2) is 0 Å². The number of hydrogen-bond donors (Lipinski definition) is 2. The molecule has 1 aliphatic carbocycles. The Morgan fingerprint density at radius 3 is 2.83 bits per heavy atom. The molecule has 1 unspecified atom stereocenters. The second-order valence-electron chi connectivity index (χ2n) is 8.56. The van der Waals surface area contributed by atoms with Crippen molar-refractivity contribution in [3.63, 3.8) is 0 Å². The highest BCUT2D eigenvalue weighted by molar-refractivity contribution is 5.41. The van der Waals surface area contributed by atoms with Gasteiger partial charge in [-0.05, 0) is 54.2 Å². The average molecular weight is 411 g/mol. The molecule has 5 heteroatoms. The van der Waals surface area contributed by atoms with E-state index in [-0.39, 0.29) is 0 Å². The van der Waals surface area contributed by atoms with Crippen LogP contribution >= 0.6 is 0 Å². The smallest absolute Gasteiger partial charge is 0.122 e. The van der Waals surface area contributed by atoms with Crippen LogP contribution < -0.4 is 14.8 Å². The van der Waals surface area contributed by atoms with Gasteiger partial charge in [-0.1, -0.05) is 37.1 Å². The van der Waals surface area contributed by atoms with Gasteiger partial charge in [0.1, 0.15) is 24.2 Å². The molecule has 2 aromatic rings. The molecule has 2 aromatic carbocycles. The van der Waals surface area contributed by atoms with Crippen LogP contribution in [0.25, 0.3) is 0 Å². The van der Waals surface area contributed by atoms with E-state index in [0.29, 0.717) is 19.2 Å². The van der Waals surface area contributed by atoms with E-state index in [1.165, 1.54) is 42.4 Å². The van der Waals surface area contributed by atoms with Gasteiger partial charge in [0.15, 0.2) is 0 Å². The number of aliphatic hydroxyl groups excluding tert-OH is 1. The zero-order valence-electron chi connectivity index (χ0n) is 18.0.